The van der Waals surface area contributed by atoms with E-state index in [1.54, 1.807) is 0 Å². The van der Waals surface area contributed by atoms with Gasteiger partial charge in [-0.15, -0.1) is 0 Å². The molecule has 0 aliphatic heterocycles. The molecule has 0 radical (unpaired) electrons. The van der Waals surface area contributed by atoms with Crippen molar-refractivity contribution >= 4 is 0 Å². The van der Waals surface area contributed by atoms with Crippen LogP contribution in [-0.2, 0) is 0 Å². The number of hydrogen-bond donors (Lipinski definition) is 2. The standard InChI is InChI=1S/C11H23N.C10H19F2N/c1-10(2,3)12-11(4)8-6-5-7-9-11;1-9(2,3)13-8-5-4-6-10(11,12)7-8/h12H,5-9H2,1-4H3;8,13H,4-7H2,1-3H3. The van der Waals surface area contributed by atoms with Gasteiger partial charge in [-0.3, -0.25) is 0 Å². The van der Waals surface area contributed by atoms with Crippen LogP contribution in [0.15, 0.2) is 0 Å². The zero-order valence-electron chi connectivity index (χ0n) is 17.7. The van der Waals surface area contributed by atoms with E-state index in [0.717, 1.165) is 6.42 Å². The topological polar surface area (TPSA) is 24.1 Å². The molecule has 1 unspecified atom stereocenters. The molecule has 0 heterocycles. The quantitative estimate of drug-likeness (QED) is 0.626. The van der Waals surface area contributed by atoms with Gasteiger partial charge in [-0.25, -0.2) is 8.78 Å². The lowest BCUT2D eigenvalue weighted by atomic mass is 9.82. The molecule has 150 valence electrons. The third kappa shape index (κ3) is 10.5. The summed E-state index contributed by atoms with van der Waals surface area (Å²) in [4.78, 5) is 0. The zero-order chi connectivity index (χ0) is 19.4. The van der Waals surface area contributed by atoms with Gasteiger partial charge in [0.1, 0.15) is 0 Å². The molecule has 1 atom stereocenters. The fourth-order valence-corrected chi connectivity index (χ4v) is 4.27. The van der Waals surface area contributed by atoms with Crippen molar-refractivity contribution in [3.8, 4) is 0 Å². The van der Waals surface area contributed by atoms with Gasteiger partial charge in [-0.05, 0) is 74.1 Å². The normalized spacial score (nSPS) is 26.5. The Hall–Kier alpha value is -0.220. The fraction of sp³-hybridized carbons (Fsp3) is 1.00. The van der Waals surface area contributed by atoms with Gasteiger partial charge < -0.3 is 10.6 Å². The van der Waals surface area contributed by atoms with E-state index < -0.39 is 5.92 Å². The van der Waals surface area contributed by atoms with Crippen LogP contribution in [0.3, 0.4) is 0 Å². The van der Waals surface area contributed by atoms with Gasteiger partial charge in [-0.1, -0.05) is 19.3 Å². The van der Waals surface area contributed by atoms with Gasteiger partial charge in [0.25, 0.3) is 0 Å². The molecule has 2 N–H and O–H groups in total. The minimum Gasteiger partial charge on any atom is -0.309 e. The van der Waals surface area contributed by atoms with Crippen LogP contribution in [0.4, 0.5) is 8.78 Å². The summed E-state index contributed by atoms with van der Waals surface area (Å²) in [5.41, 5.74) is 0.626. The second kappa shape index (κ2) is 8.65. The Morgan fingerprint density at radius 2 is 1.36 bits per heavy atom. The first-order valence-corrected chi connectivity index (χ1v) is 10.1. The van der Waals surface area contributed by atoms with E-state index in [9.17, 15) is 8.78 Å². The van der Waals surface area contributed by atoms with Crippen LogP contribution in [0.25, 0.3) is 0 Å². The van der Waals surface area contributed by atoms with E-state index in [4.69, 9.17) is 0 Å². The smallest absolute Gasteiger partial charge is 0.249 e. The van der Waals surface area contributed by atoms with Crippen LogP contribution in [0, 0.1) is 0 Å². The summed E-state index contributed by atoms with van der Waals surface area (Å²) < 4.78 is 26.0. The van der Waals surface area contributed by atoms with Crippen LogP contribution in [0.5, 0.6) is 0 Å². The molecule has 0 amide bonds. The summed E-state index contributed by atoms with van der Waals surface area (Å²) in [6.45, 7) is 15.2. The first kappa shape index (κ1) is 22.8. The summed E-state index contributed by atoms with van der Waals surface area (Å²) in [5, 5.41) is 6.97. The molecule has 0 aromatic rings. The molecular weight excluding hydrogens is 318 g/mol. The highest BCUT2D eigenvalue weighted by Crippen LogP contribution is 2.33. The van der Waals surface area contributed by atoms with Crippen LogP contribution in [0.2, 0.25) is 0 Å². The molecule has 2 fully saturated rings. The van der Waals surface area contributed by atoms with Crippen LogP contribution >= 0.6 is 0 Å². The van der Waals surface area contributed by atoms with Crippen molar-refractivity contribution in [2.45, 2.75) is 135 Å². The first-order chi connectivity index (χ1) is 11.2. The third-order valence-corrected chi connectivity index (χ3v) is 4.91. The molecule has 2 nitrogen and oxygen atoms in total. The lowest BCUT2D eigenvalue weighted by Crippen LogP contribution is -2.53. The monoisotopic (exact) mass is 360 g/mol. The summed E-state index contributed by atoms with van der Waals surface area (Å²) in [5.74, 6) is -2.44. The van der Waals surface area contributed by atoms with Crippen molar-refractivity contribution in [3.05, 3.63) is 0 Å². The molecule has 0 saturated heterocycles. The summed E-state index contributed by atoms with van der Waals surface area (Å²) >= 11 is 0. The van der Waals surface area contributed by atoms with Crippen molar-refractivity contribution < 1.29 is 8.78 Å². The van der Waals surface area contributed by atoms with E-state index in [2.05, 4.69) is 38.3 Å². The lowest BCUT2D eigenvalue weighted by molar-refractivity contribution is -0.0465. The Balaban J connectivity index is 0.000000251. The van der Waals surface area contributed by atoms with Gasteiger partial charge in [0.15, 0.2) is 0 Å². The van der Waals surface area contributed by atoms with Crippen LogP contribution in [0.1, 0.15) is 106 Å². The SMILES string of the molecule is CC(C)(C)NC1(C)CCCCC1.CC(C)(C)NC1CCCC(F)(F)C1. The van der Waals surface area contributed by atoms with Crippen LogP contribution < -0.4 is 10.6 Å². The molecule has 2 saturated carbocycles. The molecule has 0 bridgehead atoms. The Morgan fingerprint density at radius 3 is 1.80 bits per heavy atom. The van der Waals surface area contributed by atoms with Gasteiger partial charge in [0, 0.05) is 35.5 Å². The van der Waals surface area contributed by atoms with Gasteiger partial charge in [-0.2, -0.15) is 0 Å². The highest BCUT2D eigenvalue weighted by atomic mass is 19.3. The van der Waals surface area contributed by atoms with Gasteiger partial charge >= 0.3 is 0 Å². The molecule has 0 aromatic carbocycles. The molecule has 2 aliphatic rings. The van der Waals surface area contributed by atoms with Gasteiger partial charge in [0.2, 0.25) is 5.92 Å². The largest absolute Gasteiger partial charge is 0.309 e. The van der Waals surface area contributed by atoms with Crippen molar-refractivity contribution in [2.24, 2.45) is 0 Å². The predicted molar refractivity (Wildman–Crippen MR) is 104 cm³/mol. The zero-order valence-corrected chi connectivity index (χ0v) is 17.7. The van der Waals surface area contributed by atoms with E-state index in [-0.39, 0.29) is 30.0 Å². The van der Waals surface area contributed by atoms with E-state index in [1.165, 1.54) is 32.1 Å². The number of hydrogen-bond acceptors (Lipinski definition) is 2. The van der Waals surface area contributed by atoms with Crippen molar-refractivity contribution in [2.75, 3.05) is 0 Å². The Bertz CT molecular complexity index is 386. The Kier molecular flexibility index (Phi) is 7.89. The highest BCUT2D eigenvalue weighted by Gasteiger charge is 2.37. The fourth-order valence-electron chi connectivity index (χ4n) is 4.27. The minimum absolute atomic E-state index is 0.00424. The lowest BCUT2D eigenvalue weighted by Gasteiger charge is -2.40. The summed E-state index contributed by atoms with van der Waals surface area (Å²) in [7, 11) is 0. The number of halogens is 2. The van der Waals surface area contributed by atoms with Crippen molar-refractivity contribution in [1.82, 2.24) is 10.6 Å². The van der Waals surface area contributed by atoms with E-state index in [0.29, 0.717) is 12.0 Å². The molecule has 0 aromatic heterocycles. The Morgan fingerprint density at radius 1 is 0.800 bits per heavy atom. The summed E-state index contributed by atoms with van der Waals surface area (Å²) in [6.07, 6.45) is 8.53. The summed E-state index contributed by atoms with van der Waals surface area (Å²) in [6, 6.07) is -0.0104. The number of alkyl halides is 2. The second-order valence-corrected chi connectivity index (χ2v) is 10.5. The van der Waals surface area contributed by atoms with Gasteiger partial charge in [0.05, 0.1) is 0 Å². The molecule has 0 spiro atoms. The molecule has 2 rings (SSSR count). The predicted octanol–water partition coefficient (Wildman–Crippen LogP) is 6.05. The number of nitrogens with one attached hydrogen (secondary N) is 2. The van der Waals surface area contributed by atoms with Crippen LogP contribution in [-0.4, -0.2) is 28.6 Å². The maximum atomic E-state index is 13.0. The third-order valence-electron chi connectivity index (χ3n) is 4.91. The maximum absolute atomic E-state index is 13.0. The molecule has 25 heavy (non-hydrogen) atoms. The average Bonchev–Trinajstić information content (AvgIpc) is 2.33. The number of rotatable bonds is 2. The molecule has 2 aliphatic carbocycles. The minimum atomic E-state index is -2.44. The van der Waals surface area contributed by atoms with Crippen molar-refractivity contribution in [3.63, 3.8) is 0 Å². The molecular formula is C21H42F2N2. The average molecular weight is 361 g/mol. The van der Waals surface area contributed by atoms with E-state index in [1.807, 2.05) is 20.8 Å². The first-order valence-electron chi connectivity index (χ1n) is 10.1. The highest BCUT2D eigenvalue weighted by molar-refractivity contribution is 4.91. The van der Waals surface area contributed by atoms with Crippen molar-refractivity contribution in [1.29, 1.82) is 0 Å². The molecule has 4 heteroatoms. The second-order valence-electron chi connectivity index (χ2n) is 10.5. The van der Waals surface area contributed by atoms with E-state index >= 15 is 0 Å². The maximum Gasteiger partial charge on any atom is 0.249 e. The Labute approximate surface area is 154 Å².